The normalized spacial score (nSPS) is 18.0. The predicted octanol–water partition coefficient (Wildman–Crippen LogP) is 3.06. The number of carbonyl (C=O) groups is 2. The van der Waals surface area contributed by atoms with Crippen molar-refractivity contribution in [3.8, 4) is 0 Å². The number of esters is 2. The molecule has 0 aliphatic carbocycles. The monoisotopic (exact) mass is 353 g/mol. The van der Waals surface area contributed by atoms with Gasteiger partial charge in [-0.3, -0.25) is 9.59 Å². The smallest absolute Gasteiger partial charge is 0.326 e. The van der Waals surface area contributed by atoms with E-state index in [1.165, 1.54) is 14.2 Å². The van der Waals surface area contributed by atoms with Crippen LogP contribution in [0.25, 0.3) is 0 Å². The maximum absolute atomic E-state index is 13.0. The molecule has 0 bridgehead atoms. The number of ether oxygens (including phenoxy) is 2. The second-order valence-electron chi connectivity index (χ2n) is 6.63. The Bertz CT molecular complexity index is 829. The van der Waals surface area contributed by atoms with Crippen LogP contribution in [0.15, 0.2) is 48.5 Å². The molecule has 5 nitrogen and oxygen atoms in total. The first-order valence-corrected chi connectivity index (χ1v) is 8.50. The van der Waals surface area contributed by atoms with Crippen LogP contribution in [0.3, 0.4) is 0 Å². The molecule has 0 fully saturated rings. The molecular weight excluding hydrogens is 330 g/mol. The van der Waals surface area contributed by atoms with Crippen LogP contribution in [0.4, 0.5) is 5.69 Å². The van der Waals surface area contributed by atoms with Gasteiger partial charge in [0, 0.05) is 19.2 Å². The fourth-order valence-corrected chi connectivity index (χ4v) is 4.05. The van der Waals surface area contributed by atoms with Crippen LogP contribution < -0.4 is 4.90 Å². The first-order chi connectivity index (χ1) is 12.5. The van der Waals surface area contributed by atoms with Crippen LogP contribution in [0.5, 0.6) is 0 Å². The van der Waals surface area contributed by atoms with Crippen molar-refractivity contribution in [2.24, 2.45) is 5.41 Å². The van der Waals surface area contributed by atoms with Gasteiger partial charge in [-0.15, -0.1) is 0 Å². The molecule has 1 heterocycles. The van der Waals surface area contributed by atoms with E-state index in [-0.39, 0.29) is 6.42 Å². The lowest BCUT2D eigenvalue weighted by Crippen LogP contribution is -2.55. The first kappa shape index (κ1) is 18.0. The molecule has 5 heteroatoms. The van der Waals surface area contributed by atoms with Gasteiger partial charge in [0.1, 0.15) is 0 Å². The van der Waals surface area contributed by atoms with Gasteiger partial charge in [-0.2, -0.15) is 0 Å². The number of benzene rings is 2. The van der Waals surface area contributed by atoms with Gasteiger partial charge in [0.05, 0.1) is 20.3 Å². The second kappa shape index (κ2) is 6.83. The van der Waals surface area contributed by atoms with Crippen molar-refractivity contribution in [3.63, 3.8) is 0 Å². The van der Waals surface area contributed by atoms with Crippen molar-refractivity contribution in [2.75, 3.05) is 26.2 Å². The number of methoxy groups -OCH3 is 2. The number of nitrogens with zero attached hydrogens (tertiary/aromatic N) is 1. The van der Waals surface area contributed by atoms with Crippen molar-refractivity contribution in [3.05, 3.63) is 65.2 Å². The molecule has 0 radical (unpaired) electrons. The summed E-state index contributed by atoms with van der Waals surface area (Å²) in [5.74, 6) is -1.17. The number of anilines is 1. The predicted molar refractivity (Wildman–Crippen MR) is 98.9 cm³/mol. The lowest BCUT2D eigenvalue weighted by atomic mass is 9.68. The van der Waals surface area contributed by atoms with Crippen molar-refractivity contribution in [1.29, 1.82) is 0 Å². The zero-order valence-electron chi connectivity index (χ0n) is 15.5. The maximum atomic E-state index is 13.0. The summed E-state index contributed by atoms with van der Waals surface area (Å²) in [6, 6.07) is 15.0. The first-order valence-electron chi connectivity index (χ1n) is 8.50. The molecule has 2 aromatic carbocycles. The molecule has 26 heavy (non-hydrogen) atoms. The quantitative estimate of drug-likeness (QED) is 0.627. The largest absolute Gasteiger partial charge is 0.468 e. The molecule has 0 saturated carbocycles. The highest BCUT2D eigenvalue weighted by molar-refractivity contribution is 6.03. The molecule has 0 N–H and O–H groups in total. The van der Waals surface area contributed by atoms with Crippen LogP contribution in [-0.2, 0) is 25.5 Å². The number of aryl methyl sites for hydroxylation is 1. The van der Waals surface area contributed by atoms with E-state index in [0.717, 1.165) is 22.4 Å². The Labute approximate surface area is 153 Å². The molecule has 1 aliphatic rings. The Kier molecular flexibility index (Phi) is 4.72. The van der Waals surface area contributed by atoms with Gasteiger partial charge in [0.25, 0.3) is 0 Å². The average Bonchev–Trinajstić information content (AvgIpc) is 2.67. The Hall–Kier alpha value is -2.82. The number of para-hydroxylation sites is 1. The van der Waals surface area contributed by atoms with Crippen molar-refractivity contribution >= 4 is 17.6 Å². The molecule has 2 aromatic rings. The Balaban J connectivity index is 2.32. The fraction of sp³-hybridized carbons (Fsp3) is 0.333. The number of hydrogen-bond donors (Lipinski definition) is 0. The van der Waals surface area contributed by atoms with Gasteiger partial charge in [-0.05, 0) is 29.7 Å². The van der Waals surface area contributed by atoms with E-state index < -0.39 is 23.4 Å². The summed E-state index contributed by atoms with van der Waals surface area (Å²) in [5.41, 5.74) is 2.33. The zero-order chi connectivity index (χ0) is 18.9. The maximum Gasteiger partial charge on any atom is 0.326 e. The van der Waals surface area contributed by atoms with Gasteiger partial charge in [0.15, 0.2) is 5.41 Å². The molecule has 0 saturated heterocycles. The van der Waals surface area contributed by atoms with Crippen LogP contribution in [0.2, 0.25) is 0 Å². The lowest BCUT2D eigenvalue weighted by molar-refractivity contribution is -0.171. The Morgan fingerprint density at radius 1 is 1.00 bits per heavy atom. The van der Waals surface area contributed by atoms with Crippen LogP contribution in [0, 0.1) is 12.3 Å². The van der Waals surface area contributed by atoms with Crippen LogP contribution >= 0.6 is 0 Å². The summed E-state index contributed by atoms with van der Waals surface area (Å²) in [5, 5.41) is 0. The van der Waals surface area contributed by atoms with Crippen molar-refractivity contribution in [1.82, 2.24) is 0 Å². The highest BCUT2D eigenvalue weighted by Crippen LogP contribution is 2.50. The van der Waals surface area contributed by atoms with E-state index in [0.29, 0.717) is 0 Å². The molecule has 3 rings (SSSR count). The molecule has 136 valence electrons. The van der Waals surface area contributed by atoms with E-state index in [9.17, 15) is 9.59 Å². The topological polar surface area (TPSA) is 55.8 Å². The minimum absolute atomic E-state index is 0.228. The SMILES string of the molecule is COC(=O)C1(C(=O)OC)Cc2ccccc2N(C)C1c1ccccc1C. The molecule has 0 spiro atoms. The molecule has 0 aromatic heterocycles. The van der Waals surface area contributed by atoms with E-state index >= 15 is 0 Å². The van der Waals surface area contributed by atoms with Crippen LogP contribution in [0.1, 0.15) is 22.7 Å². The molecule has 1 aliphatic heterocycles. The van der Waals surface area contributed by atoms with Crippen LogP contribution in [-0.4, -0.2) is 33.2 Å². The van der Waals surface area contributed by atoms with E-state index in [2.05, 4.69) is 0 Å². The number of carbonyl (C=O) groups excluding carboxylic acids is 2. The Morgan fingerprint density at radius 3 is 2.19 bits per heavy atom. The van der Waals surface area contributed by atoms with Gasteiger partial charge < -0.3 is 14.4 Å². The lowest BCUT2D eigenvalue weighted by Gasteiger charge is -2.47. The molecular formula is C21H23NO4. The summed E-state index contributed by atoms with van der Waals surface area (Å²) in [7, 11) is 4.51. The third kappa shape index (κ3) is 2.55. The molecule has 0 amide bonds. The number of fused-ring (bicyclic) bond motifs is 1. The van der Waals surface area contributed by atoms with E-state index in [1.54, 1.807) is 0 Å². The minimum atomic E-state index is -1.47. The summed E-state index contributed by atoms with van der Waals surface area (Å²) < 4.78 is 10.2. The third-order valence-electron chi connectivity index (χ3n) is 5.28. The Morgan fingerprint density at radius 2 is 1.58 bits per heavy atom. The highest BCUT2D eigenvalue weighted by atomic mass is 16.5. The van der Waals surface area contributed by atoms with Gasteiger partial charge in [-0.25, -0.2) is 0 Å². The second-order valence-corrected chi connectivity index (χ2v) is 6.63. The average molecular weight is 353 g/mol. The summed E-state index contributed by atoms with van der Waals surface area (Å²) in [6.07, 6.45) is 0.228. The van der Waals surface area contributed by atoms with Gasteiger partial charge >= 0.3 is 11.9 Å². The van der Waals surface area contributed by atoms with Crippen molar-refractivity contribution < 1.29 is 19.1 Å². The van der Waals surface area contributed by atoms with Gasteiger partial charge in [0.2, 0.25) is 0 Å². The van der Waals surface area contributed by atoms with E-state index in [1.807, 2.05) is 67.4 Å². The standard InChI is InChI=1S/C21H23NO4/c1-14-9-5-7-11-16(14)18-21(19(23)25-3,20(24)26-4)13-15-10-6-8-12-17(15)22(18)2/h5-12,18H,13H2,1-4H3. The summed E-state index contributed by atoms with van der Waals surface area (Å²) >= 11 is 0. The van der Waals surface area contributed by atoms with Gasteiger partial charge in [-0.1, -0.05) is 42.5 Å². The summed E-state index contributed by atoms with van der Waals surface area (Å²) in [6.45, 7) is 1.98. The van der Waals surface area contributed by atoms with E-state index in [4.69, 9.17) is 9.47 Å². The zero-order valence-corrected chi connectivity index (χ0v) is 15.5. The fourth-order valence-electron chi connectivity index (χ4n) is 4.05. The highest BCUT2D eigenvalue weighted by Gasteiger charge is 2.59. The molecule has 1 atom stereocenters. The minimum Gasteiger partial charge on any atom is -0.468 e. The number of hydrogen-bond acceptors (Lipinski definition) is 5. The third-order valence-corrected chi connectivity index (χ3v) is 5.28. The van der Waals surface area contributed by atoms with Crippen molar-refractivity contribution in [2.45, 2.75) is 19.4 Å². The number of rotatable bonds is 3. The summed E-state index contributed by atoms with van der Waals surface area (Å²) in [4.78, 5) is 28.0. The molecule has 1 unspecified atom stereocenters.